The number of phenols is 1. The maximum atomic E-state index is 12.0. The Labute approximate surface area is 112 Å². The molecule has 5 nitrogen and oxygen atoms in total. The van der Waals surface area contributed by atoms with E-state index in [1.165, 1.54) is 0 Å². The van der Waals surface area contributed by atoms with Crippen molar-refractivity contribution in [3.63, 3.8) is 0 Å². The van der Waals surface area contributed by atoms with E-state index in [0.717, 1.165) is 0 Å². The first-order chi connectivity index (χ1) is 8.87. The molecule has 5 heteroatoms. The Morgan fingerprint density at radius 2 is 2.11 bits per heavy atom. The number of nitrogens with zero attached hydrogens (tertiary/aromatic N) is 1. The van der Waals surface area contributed by atoms with Crippen LogP contribution in [0.1, 0.15) is 32.8 Å². The van der Waals surface area contributed by atoms with Crippen molar-refractivity contribution in [3.05, 3.63) is 29.8 Å². The lowest BCUT2D eigenvalue weighted by Crippen LogP contribution is -2.45. The quantitative estimate of drug-likeness (QED) is 0.853. The number of hydrogen-bond donors (Lipinski definition) is 2. The van der Waals surface area contributed by atoms with Crippen molar-refractivity contribution in [1.82, 2.24) is 5.32 Å². The zero-order valence-corrected chi connectivity index (χ0v) is 11.3. The third-order valence-corrected chi connectivity index (χ3v) is 2.67. The summed E-state index contributed by atoms with van der Waals surface area (Å²) in [6, 6.07) is 6.88. The monoisotopic (exact) mass is 262 g/mol. The summed E-state index contributed by atoms with van der Waals surface area (Å²) in [5, 5.41) is 16.5. The van der Waals surface area contributed by atoms with Gasteiger partial charge in [-0.3, -0.25) is 4.79 Å². The lowest BCUT2D eigenvalue weighted by Gasteiger charge is -2.22. The van der Waals surface area contributed by atoms with Gasteiger partial charge in [0.25, 0.3) is 5.91 Å². The summed E-state index contributed by atoms with van der Waals surface area (Å²) in [7, 11) is 0. The first-order valence-corrected chi connectivity index (χ1v) is 6.20. The molecule has 0 saturated carbocycles. The van der Waals surface area contributed by atoms with Crippen LogP contribution in [0.25, 0.3) is 0 Å². The number of para-hydroxylation sites is 1. The summed E-state index contributed by atoms with van der Waals surface area (Å²) in [6.07, 6.45) is -0.270. The third-order valence-electron chi connectivity index (χ3n) is 2.67. The molecule has 1 aromatic rings. The molecule has 2 N–H and O–H groups in total. The smallest absolute Gasteiger partial charge is 0.264 e. The predicted molar refractivity (Wildman–Crippen MR) is 72.0 cm³/mol. The number of hydrogen-bond acceptors (Lipinski definition) is 4. The predicted octanol–water partition coefficient (Wildman–Crippen LogP) is 1.80. The highest BCUT2D eigenvalue weighted by atomic mass is 16.6. The molecule has 0 spiro atoms. The Balaban J connectivity index is 2.04. The van der Waals surface area contributed by atoms with Gasteiger partial charge in [0.2, 0.25) is 6.10 Å². The number of rotatable bonds is 2. The molecule has 1 aliphatic heterocycles. The van der Waals surface area contributed by atoms with Crippen LogP contribution in [0.5, 0.6) is 5.75 Å². The standard InChI is InChI=1S/C14H18N2O3/c1-14(2,3)15-13(18)12-8-10(16-19-12)9-6-4-5-7-11(9)17/h4-7,12,17H,8H2,1-3H3,(H,15,18)/t12-/m1/s1. The van der Waals surface area contributed by atoms with E-state index in [1.54, 1.807) is 24.3 Å². The lowest BCUT2D eigenvalue weighted by atomic mass is 10.0. The zero-order valence-electron chi connectivity index (χ0n) is 11.3. The lowest BCUT2D eigenvalue weighted by molar-refractivity contribution is -0.132. The second-order valence-electron chi connectivity index (χ2n) is 5.59. The average molecular weight is 262 g/mol. The Morgan fingerprint density at radius 3 is 2.74 bits per heavy atom. The van der Waals surface area contributed by atoms with Gasteiger partial charge in [0.15, 0.2) is 0 Å². The van der Waals surface area contributed by atoms with Crippen LogP contribution in [0, 0.1) is 0 Å². The molecule has 0 aromatic heterocycles. The molecule has 1 heterocycles. The van der Waals surface area contributed by atoms with Crippen LogP contribution in [0.15, 0.2) is 29.4 Å². The van der Waals surface area contributed by atoms with Gasteiger partial charge < -0.3 is 15.3 Å². The van der Waals surface area contributed by atoms with Gasteiger partial charge in [0, 0.05) is 17.5 Å². The summed E-state index contributed by atoms with van der Waals surface area (Å²) < 4.78 is 0. The van der Waals surface area contributed by atoms with E-state index < -0.39 is 6.10 Å². The van der Waals surface area contributed by atoms with Gasteiger partial charge in [-0.15, -0.1) is 0 Å². The highest BCUT2D eigenvalue weighted by Crippen LogP contribution is 2.23. The fraction of sp³-hybridized carbons (Fsp3) is 0.429. The molecule has 1 aromatic carbocycles. The number of benzene rings is 1. The minimum Gasteiger partial charge on any atom is -0.507 e. The molecule has 0 fully saturated rings. The van der Waals surface area contributed by atoms with E-state index >= 15 is 0 Å². The normalized spacial score (nSPS) is 18.7. The maximum absolute atomic E-state index is 12.0. The Bertz CT molecular complexity index is 518. The van der Waals surface area contributed by atoms with Gasteiger partial charge in [0.1, 0.15) is 5.75 Å². The summed E-state index contributed by atoms with van der Waals surface area (Å²) in [5.41, 5.74) is 0.888. The first-order valence-electron chi connectivity index (χ1n) is 6.20. The molecule has 1 atom stereocenters. The van der Waals surface area contributed by atoms with Crippen molar-refractivity contribution in [1.29, 1.82) is 0 Å². The Morgan fingerprint density at radius 1 is 1.42 bits per heavy atom. The van der Waals surface area contributed by atoms with Gasteiger partial charge in [-0.1, -0.05) is 17.3 Å². The largest absolute Gasteiger partial charge is 0.507 e. The maximum Gasteiger partial charge on any atom is 0.264 e. The number of carbonyl (C=O) groups excluding carboxylic acids is 1. The second kappa shape index (κ2) is 4.91. The molecule has 0 aliphatic carbocycles. The molecule has 1 aliphatic rings. The highest BCUT2D eigenvalue weighted by molar-refractivity contribution is 6.05. The number of aromatic hydroxyl groups is 1. The summed E-state index contributed by atoms with van der Waals surface area (Å²) in [5.74, 6) is -0.0524. The van der Waals surface area contributed by atoms with E-state index in [1.807, 2.05) is 20.8 Å². The van der Waals surface area contributed by atoms with Crippen LogP contribution in [-0.4, -0.2) is 28.4 Å². The van der Waals surface area contributed by atoms with Crippen molar-refractivity contribution in [2.24, 2.45) is 5.16 Å². The van der Waals surface area contributed by atoms with Crippen LogP contribution in [0.4, 0.5) is 0 Å². The summed E-state index contributed by atoms with van der Waals surface area (Å²) in [6.45, 7) is 5.72. The van der Waals surface area contributed by atoms with Crippen LogP contribution in [0.2, 0.25) is 0 Å². The van der Waals surface area contributed by atoms with Gasteiger partial charge in [0.05, 0.1) is 5.71 Å². The van der Waals surface area contributed by atoms with E-state index in [-0.39, 0.29) is 17.2 Å². The second-order valence-corrected chi connectivity index (χ2v) is 5.59. The summed E-state index contributed by atoms with van der Waals surface area (Å²) >= 11 is 0. The zero-order chi connectivity index (χ0) is 14.0. The molecular weight excluding hydrogens is 244 g/mol. The number of nitrogens with one attached hydrogen (secondary N) is 1. The molecule has 1 amide bonds. The number of oxime groups is 1. The molecule has 102 valence electrons. The number of amides is 1. The Kier molecular flexibility index (Phi) is 3.46. The van der Waals surface area contributed by atoms with Crippen LogP contribution < -0.4 is 5.32 Å². The number of carbonyl (C=O) groups is 1. The van der Waals surface area contributed by atoms with Gasteiger partial charge in [-0.25, -0.2) is 0 Å². The van der Waals surface area contributed by atoms with E-state index in [9.17, 15) is 9.90 Å². The molecule has 0 saturated heterocycles. The highest BCUT2D eigenvalue weighted by Gasteiger charge is 2.31. The molecule has 19 heavy (non-hydrogen) atoms. The number of phenolic OH excluding ortho intramolecular Hbond substituents is 1. The van der Waals surface area contributed by atoms with E-state index in [0.29, 0.717) is 17.7 Å². The Hall–Kier alpha value is -2.04. The van der Waals surface area contributed by atoms with Crippen molar-refractivity contribution in [3.8, 4) is 5.75 Å². The molecule has 0 unspecified atom stereocenters. The molecule has 0 bridgehead atoms. The van der Waals surface area contributed by atoms with Crippen molar-refractivity contribution < 1.29 is 14.7 Å². The minimum atomic E-state index is -0.631. The van der Waals surface area contributed by atoms with Crippen LogP contribution >= 0.6 is 0 Å². The fourth-order valence-corrected chi connectivity index (χ4v) is 1.84. The van der Waals surface area contributed by atoms with Gasteiger partial charge in [-0.2, -0.15) is 0 Å². The van der Waals surface area contributed by atoms with Gasteiger partial charge in [-0.05, 0) is 32.9 Å². The van der Waals surface area contributed by atoms with Crippen LogP contribution in [-0.2, 0) is 9.63 Å². The molecule has 0 radical (unpaired) electrons. The molecular formula is C14H18N2O3. The third kappa shape index (κ3) is 3.24. The average Bonchev–Trinajstić information content (AvgIpc) is 2.76. The first kappa shape index (κ1) is 13.4. The SMILES string of the molecule is CC(C)(C)NC(=O)[C@H]1CC(c2ccccc2O)=NO1. The van der Waals surface area contributed by atoms with Gasteiger partial charge >= 0.3 is 0 Å². The van der Waals surface area contributed by atoms with E-state index in [4.69, 9.17) is 4.84 Å². The topological polar surface area (TPSA) is 70.9 Å². The van der Waals surface area contributed by atoms with Crippen molar-refractivity contribution >= 4 is 11.6 Å². The summed E-state index contributed by atoms with van der Waals surface area (Å²) in [4.78, 5) is 17.1. The minimum absolute atomic E-state index is 0.140. The van der Waals surface area contributed by atoms with Crippen molar-refractivity contribution in [2.45, 2.75) is 38.8 Å². The fourth-order valence-electron chi connectivity index (χ4n) is 1.84. The van der Waals surface area contributed by atoms with Crippen LogP contribution in [0.3, 0.4) is 0 Å². The molecule has 2 rings (SSSR count). The van der Waals surface area contributed by atoms with E-state index in [2.05, 4.69) is 10.5 Å². The van der Waals surface area contributed by atoms with Crippen molar-refractivity contribution in [2.75, 3.05) is 0 Å².